The van der Waals surface area contributed by atoms with Gasteiger partial charge in [0.25, 0.3) is 0 Å². The Hall–Kier alpha value is -1.46. The van der Waals surface area contributed by atoms with E-state index in [0.717, 1.165) is 0 Å². The lowest BCUT2D eigenvalue weighted by atomic mass is 10.3. The van der Waals surface area contributed by atoms with Crippen molar-refractivity contribution in [3.05, 3.63) is 33.9 Å². The fourth-order valence-electron chi connectivity index (χ4n) is 1.42. The van der Waals surface area contributed by atoms with Crippen molar-refractivity contribution in [1.82, 2.24) is 10.1 Å². The van der Waals surface area contributed by atoms with Crippen molar-refractivity contribution in [1.29, 1.82) is 0 Å². The van der Waals surface area contributed by atoms with Crippen LogP contribution in [0.1, 0.15) is 11.7 Å². The lowest BCUT2D eigenvalue weighted by Gasteiger charge is -2.11. The number of methoxy groups -OCH3 is 1. The Labute approximate surface area is 114 Å². The fraction of sp³-hybridized carbons (Fsp3) is 0.273. The summed E-state index contributed by atoms with van der Waals surface area (Å²) in [5, 5.41) is 7.77. The molecule has 7 heteroatoms. The van der Waals surface area contributed by atoms with Crippen LogP contribution in [0.15, 0.2) is 16.7 Å². The molecule has 1 aromatic heterocycles. The molecular weight excluding hydrogens is 277 g/mol. The van der Waals surface area contributed by atoms with Gasteiger partial charge in [-0.2, -0.15) is 4.98 Å². The summed E-state index contributed by atoms with van der Waals surface area (Å²) in [6, 6.07) is 3.34. The molecule has 2 rings (SSSR count). The molecule has 5 nitrogen and oxygen atoms in total. The number of nitrogens with zero attached hydrogens (tertiary/aromatic N) is 2. The van der Waals surface area contributed by atoms with Crippen molar-refractivity contribution in [2.24, 2.45) is 0 Å². The number of halogens is 2. The molecule has 0 saturated carbocycles. The number of aryl methyl sites for hydroxylation is 1. The summed E-state index contributed by atoms with van der Waals surface area (Å²) < 4.78 is 10.1. The first-order valence-corrected chi connectivity index (χ1v) is 5.92. The highest BCUT2D eigenvalue weighted by atomic mass is 35.5. The van der Waals surface area contributed by atoms with Crippen LogP contribution in [-0.4, -0.2) is 17.3 Å². The predicted octanol–water partition coefficient (Wildman–Crippen LogP) is 3.31. The molecule has 0 saturated heterocycles. The third-order valence-electron chi connectivity index (χ3n) is 2.25. The summed E-state index contributed by atoms with van der Waals surface area (Å²) in [7, 11) is 1.56. The van der Waals surface area contributed by atoms with Gasteiger partial charge in [-0.1, -0.05) is 28.4 Å². The third-order valence-corrected chi connectivity index (χ3v) is 2.97. The van der Waals surface area contributed by atoms with Crippen molar-refractivity contribution >= 4 is 28.9 Å². The number of benzene rings is 1. The number of anilines is 1. The van der Waals surface area contributed by atoms with E-state index in [-0.39, 0.29) is 0 Å². The van der Waals surface area contributed by atoms with Gasteiger partial charge in [-0.3, -0.25) is 0 Å². The molecule has 18 heavy (non-hydrogen) atoms. The van der Waals surface area contributed by atoms with Gasteiger partial charge in [0, 0.05) is 13.0 Å². The summed E-state index contributed by atoms with van der Waals surface area (Å²) in [5.74, 6) is 1.68. The Kier molecular flexibility index (Phi) is 3.93. The van der Waals surface area contributed by atoms with E-state index in [1.54, 1.807) is 26.2 Å². The smallest absolute Gasteiger partial charge is 0.223 e. The van der Waals surface area contributed by atoms with Crippen LogP contribution in [0.2, 0.25) is 10.0 Å². The maximum atomic E-state index is 5.95. The molecule has 1 heterocycles. The average molecular weight is 288 g/mol. The third kappa shape index (κ3) is 2.86. The molecule has 0 aliphatic rings. The predicted molar refractivity (Wildman–Crippen MR) is 69.4 cm³/mol. The topological polar surface area (TPSA) is 60.2 Å². The molecule has 0 aliphatic carbocycles. The van der Waals surface area contributed by atoms with Crippen molar-refractivity contribution in [2.75, 3.05) is 12.4 Å². The summed E-state index contributed by atoms with van der Waals surface area (Å²) in [5.41, 5.74) is 0.717. The molecule has 0 amide bonds. The van der Waals surface area contributed by atoms with Crippen LogP contribution in [0.3, 0.4) is 0 Å². The molecule has 0 bridgehead atoms. The van der Waals surface area contributed by atoms with E-state index < -0.39 is 0 Å². The molecule has 0 spiro atoms. The monoisotopic (exact) mass is 287 g/mol. The van der Waals surface area contributed by atoms with Gasteiger partial charge in [0.2, 0.25) is 5.89 Å². The normalized spacial score (nSPS) is 10.4. The first-order valence-electron chi connectivity index (χ1n) is 5.16. The summed E-state index contributed by atoms with van der Waals surface area (Å²) >= 11 is 11.9. The van der Waals surface area contributed by atoms with Gasteiger partial charge < -0.3 is 14.6 Å². The van der Waals surface area contributed by atoms with E-state index in [1.807, 2.05) is 0 Å². The molecule has 0 atom stereocenters. The molecule has 0 radical (unpaired) electrons. The number of rotatable bonds is 4. The van der Waals surface area contributed by atoms with Gasteiger partial charge in [-0.25, -0.2) is 0 Å². The number of hydrogen-bond acceptors (Lipinski definition) is 5. The highest BCUT2D eigenvalue weighted by Crippen LogP contribution is 2.34. The van der Waals surface area contributed by atoms with Gasteiger partial charge >= 0.3 is 0 Å². The first-order chi connectivity index (χ1) is 8.60. The molecule has 0 unspecified atom stereocenters. The number of hydrogen-bond donors (Lipinski definition) is 1. The average Bonchev–Trinajstić information content (AvgIpc) is 2.76. The van der Waals surface area contributed by atoms with Crippen LogP contribution in [0.25, 0.3) is 0 Å². The zero-order chi connectivity index (χ0) is 13.1. The van der Waals surface area contributed by atoms with E-state index in [1.165, 1.54) is 0 Å². The first kappa shape index (κ1) is 13.0. The highest BCUT2D eigenvalue weighted by Gasteiger charge is 2.09. The van der Waals surface area contributed by atoms with E-state index in [2.05, 4.69) is 15.5 Å². The second kappa shape index (κ2) is 5.46. The van der Waals surface area contributed by atoms with Gasteiger partial charge in [0.1, 0.15) is 5.75 Å². The van der Waals surface area contributed by atoms with Crippen molar-refractivity contribution < 1.29 is 9.26 Å². The van der Waals surface area contributed by atoms with E-state index in [9.17, 15) is 0 Å². The van der Waals surface area contributed by atoms with Crippen LogP contribution < -0.4 is 10.1 Å². The minimum Gasteiger partial charge on any atom is -0.495 e. The molecule has 0 fully saturated rings. The van der Waals surface area contributed by atoms with Gasteiger partial charge in [-0.05, 0) is 6.07 Å². The lowest BCUT2D eigenvalue weighted by Crippen LogP contribution is -2.03. The van der Waals surface area contributed by atoms with Gasteiger partial charge in [0.05, 0.1) is 29.4 Å². The molecule has 1 aromatic carbocycles. The number of ether oxygens (including phenoxy) is 1. The number of aromatic nitrogens is 2. The Bertz CT molecular complexity index is 557. The zero-order valence-corrected chi connectivity index (χ0v) is 11.3. The maximum absolute atomic E-state index is 5.95. The van der Waals surface area contributed by atoms with Crippen LogP contribution >= 0.6 is 23.2 Å². The maximum Gasteiger partial charge on any atom is 0.223 e. The summed E-state index contributed by atoms with van der Waals surface area (Å²) in [6.45, 7) is 2.14. The lowest BCUT2D eigenvalue weighted by molar-refractivity contribution is 0.388. The van der Waals surface area contributed by atoms with Crippen LogP contribution in [0.5, 0.6) is 5.75 Å². The SMILES string of the molecule is COc1cc(Cl)c(Cl)cc1NCc1noc(C)n1. The van der Waals surface area contributed by atoms with Gasteiger partial charge in [-0.15, -0.1) is 0 Å². The Morgan fingerprint density at radius 2 is 2.06 bits per heavy atom. The van der Waals surface area contributed by atoms with Crippen molar-refractivity contribution in [3.63, 3.8) is 0 Å². The highest BCUT2D eigenvalue weighted by molar-refractivity contribution is 6.42. The van der Waals surface area contributed by atoms with Crippen molar-refractivity contribution in [3.8, 4) is 5.75 Å². The minimum absolute atomic E-state index is 0.408. The van der Waals surface area contributed by atoms with E-state index in [4.69, 9.17) is 32.5 Å². The molecule has 1 N–H and O–H groups in total. The quantitative estimate of drug-likeness (QED) is 0.935. The second-order valence-corrected chi connectivity index (χ2v) is 4.36. The molecule has 96 valence electrons. The second-order valence-electron chi connectivity index (χ2n) is 3.55. The van der Waals surface area contributed by atoms with Gasteiger partial charge in [0.15, 0.2) is 5.82 Å². The summed E-state index contributed by atoms with van der Waals surface area (Å²) in [6.07, 6.45) is 0. The Balaban J connectivity index is 2.15. The van der Waals surface area contributed by atoms with Crippen LogP contribution in [0, 0.1) is 6.92 Å². The standard InChI is InChI=1S/C11H11Cl2N3O2/c1-6-15-11(16-18-6)5-14-9-3-7(12)8(13)4-10(9)17-2/h3-4,14H,5H2,1-2H3. The Morgan fingerprint density at radius 3 is 2.67 bits per heavy atom. The van der Waals surface area contributed by atoms with E-state index in [0.29, 0.717) is 39.7 Å². The zero-order valence-electron chi connectivity index (χ0n) is 9.83. The largest absolute Gasteiger partial charge is 0.495 e. The van der Waals surface area contributed by atoms with E-state index >= 15 is 0 Å². The van der Waals surface area contributed by atoms with Crippen LogP contribution in [0.4, 0.5) is 5.69 Å². The van der Waals surface area contributed by atoms with Crippen LogP contribution in [-0.2, 0) is 6.54 Å². The number of nitrogens with one attached hydrogen (secondary N) is 1. The Morgan fingerprint density at radius 1 is 1.33 bits per heavy atom. The molecule has 2 aromatic rings. The minimum atomic E-state index is 0.408. The molecule has 0 aliphatic heterocycles. The molecular formula is C11H11Cl2N3O2. The fourth-order valence-corrected chi connectivity index (χ4v) is 1.74. The van der Waals surface area contributed by atoms with Crippen molar-refractivity contribution in [2.45, 2.75) is 13.5 Å². The summed E-state index contributed by atoms with van der Waals surface area (Å²) in [4.78, 5) is 4.08.